The van der Waals surface area contributed by atoms with Crippen LogP contribution in [0.2, 0.25) is 0 Å². The fourth-order valence-corrected chi connectivity index (χ4v) is 3.52. The van der Waals surface area contributed by atoms with E-state index in [0.29, 0.717) is 0 Å². The van der Waals surface area contributed by atoms with Crippen molar-refractivity contribution in [1.82, 2.24) is 4.90 Å². The van der Waals surface area contributed by atoms with Crippen LogP contribution in [-0.4, -0.2) is 44.1 Å². The van der Waals surface area contributed by atoms with Crippen LogP contribution in [0, 0.1) is 3.57 Å². The van der Waals surface area contributed by atoms with E-state index >= 15 is 0 Å². The van der Waals surface area contributed by atoms with Crippen molar-refractivity contribution in [3.63, 3.8) is 0 Å². The zero-order chi connectivity index (χ0) is 16.9. The van der Waals surface area contributed by atoms with Gasteiger partial charge in [0.05, 0.1) is 7.11 Å². The maximum atomic E-state index is 12.7. The third-order valence-corrected chi connectivity index (χ3v) is 4.96. The van der Waals surface area contributed by atoms with Crippen molar-refractivity contribution < 1.29 is 9.53 Å². The number of carbonyl (C=O) groups excluding carboxylic acids is 1. The molecule has 126 valence electrons. The van der Waals surface area contributed by atoms with E-state index in [2.05, 4.69) is 39.6 Å². The molecule has 1 aliphatic heterocycles. The van der Waals surface area contributed by atoms with Gasteiger partial charge < -0.3 is 14.5 Å². The maximum absolute atomic E-state index is 12.7. The van der Waals surface area contributed by atoms with Crippen molar-refractivity contribution in [2.45, 2.75) is 6.42 Å². The first kappa shape index (κ1) is 17.1. The van der Waals surface area contributed by atoms with Gasteiger partial charge in [0.15, 0.2) is 0 Å². The third-order valence-electron chi connectivity index (χ3n) is 4.29. The van der Waals surface area contributed by atoms with Gasteiger partial charge >= 0.3 is 0 Å². The summed E-state index contributed by atoms with van der Waals surface area (Å²) in [6.45, 7) is 3.36. The number of ether oxygens (including phenoxy) is 1. The molecule has 0 spiro atoms. The Hall–Kier alpha value is -1.76. The van der Waals surface area contributed by atoms with Gasteiger partial charge in [-0.2, -0.15) is 0 Å². The summed E-state index contributed by atoms with van der Waals surface area (Å²) >= 11 is 2.24. The first-order chi connectivity index (χ1) is 11.7. The molecule has 24 heavy (non-hydrogen) atoms. The van der Waals surface area contributed by atoms with E-state index in [-0.39, 0.29) is 5.91 Å². The zero-order valence-corrected chi connectivity index (χ0v) is 15.9. The molecule has 0 aliphatic carbocycles. The summed E-state index contributed by atoms with van der Waals surface area (Å²) < 4.78 is 6.31. The molecule has 0 N–H and O–H groups in total. The Bertz CT molecular complexity index is 703. The largest absolute Gasteiger partial charge is 0.497 e. The van der Waals surface area contributed by atoms with Crippen LogP contribution in [0.15, 0.2) is 48.5 Å². The number of hydrogen-bond donors (Lipinski definition) is 0. The molecule has 3 rings (SSSR count). The van der Waals surface area contributed by atoms with Crippen LogP contribution in [0.1, 0.15) is 16.8 Å². The van der Waals surface area contributed by atoms with Gasteiger partial charge in [-0.25, -0.2) is 0 Å². The van der Waals surface area contributed by atoms with Crippen molar-refractivity contribution in [1.29, 1.82) is 0 Å². The van der Waals surface area contributed by atoms with Crippen molar-refractivity contribution in [3.05, 3.63) is 57.7 Å². The Balaban J connectivity index is 1.67. The second-order valence-electron chi connectivity index (χ2n) is 5.84. The number of nitrogens with zero attached hydrogens (tertiary/aromatic N) is 2. The second-order valence-corrected chi connectivity index (χ2v) is 7.09. The molecule has 1 aliphatic rings. The average molecular weight is 436 g/mol. The monoisotopic (exact) mass is 436 g/mol. The van der Waals surface area contributed by atoms with E-state index in [1.165, 1.54) is 5.69 Å². The number of amides is 1. The zero-order valence-electron chi connectivity index (χ0n) is 13.7. The van der Waals surface area contributed by atoms with Gasteiger partial charge in [-0.05, 0) is 71.5 Å². The smallest absolute Gasteiger partial charge is 0.253 e. The van der Waals surface area contributed by atoms with Crippen molar-refractivity contribution in [2.24, 2.45) is 0 Å². The molecule has 1 amide bonds. The van der Waals surface area contributed by atoms with Gasteiger partial charge in [0.25, 0.3) is 5.91 Å². The predicted octanol–water partition coefficient (Wildman–Crippen LogP) is 3.65. The number of methoxy groups -OCH3 is 1. The molecule has 1 saturated heterocycles. The molecule has 0 aromatic heterocycles. The molecular formula is C19H21IN2O2. The first-order valence-corrected chi connectivity index (χ1v) is 9.19. The van der Waals surface area contributed by atoms with Gasteiger partial charge in [0, 0.05) is 41.0 Å². The van der Waals surface area contributed by atoms with Crippen LogP contribution in [0.25, 0.3) is 0 Å². The molecule has 0 atom stereocenters. The van der Waals surface area contributed by atoms with E-state index in [4.69, 9.17) is 4.74 Å². The third kappa shape index (κ3) is 4.01. The van der Waals surface area contributed by atoms with Gasteiger partial charge in [0.1, 0.15) is 5.75 Å². The predicted molar refractivity (Wildman–Crippen MR) is 105 cm³/mol. The topological polar surface area (TPSA) is 32.8 Å². The second kappa shape index (κ2) is 7.88. The van der Waals surface area contributed by atoms with Crippen LogP contribution < -0.4 is 9.64 Å². The van der Waals surface area contributed by atoms with Crippen molar-refractivity contribution in [2.75, 3.05) is 38.2 Å². The van der Waals surface area contributed by atoms with E-state index < -0.39 is 0 Å². The Morgan fingerprint density at radius 1 is 1.04 bits per heavy atom. The summed E-state index contributed by atoms with van der Waals surface area (Å²) in [6, 6.07) is 15.9. The van der Waals surface area contributed by atoms with Crippen LogP contribution in [0.5, 0.6) is 5.75 Å². The van der Waals surface area contributed by atoms with E-state index in [1.807, 2.05) is 41.3 Å². The summed E-state index contributed by atoms with van der Waals surface area (Å²) in [5, 5.41) is 0. The molecule has 2 aromatic carbocycles. The molecule has 1 heterocycles. The van der Waals surface area contributed by atoms with Gasteiger partial charge in [0.2, 0.25) is 0 Å². The molecule has 0 saturated carbocycles. The summed E-state index contributed by atoms with van der Waals surface area (Å²) in [4.78, 5) is 17.0. The van der Waals surface area contributed by atoms with Crippen LogP contribution >= 0.6 is 22.6 Å². The number of hydrogen-bond acceptors (Lipinski definition) is 3. The van der Waals surface area contributed by atoms with E-state index in [1.54, 1.807) is 7.11 Å². The van der Waals surface area contributed by atoms with Gasteiger partial charge in [-0.3, -0.25) is 4.79 Å². The minimum absolute atomic E-state index is 0.130. The quantitative estimate of drug-likeness (QED) is 0.689. The van der Waals surface area contributed by atoms with Crippen molar-refractivity contribution >= 4 is 34.2 Å². The molecule has 2 aromatic rings. The Kier molecular flexibility index (Phi) is 5.60. The highest BCUT2D eigenvalue weighted by atomic mass is 127. The standard InChI is InChI=1S/C19H21IN2O2/c1-24-18-8-6-17(7-9-18)21-10-3-11-22(13-12-21)19(23)15-4-2-5-16(20)14-15/h2,4-9,14H,3,10-13H2,1H3. The van der Waals surface area contributed by atoms with E-state index in [9.17, 15) is 4.79 Å². The highest BCUT2D eigenvalue weighted by molar-refractivity contribution is 14.1. The highest BCUT2D eigenvalue weighted by Gasteiger charge is 2.20. The van der Waals surface area contributed by atoms with E-state index in [0.717, 1.165) is 47.5 Å². The van der Waals surface area contributed by atoms with Gasteiger partial charge in [-0.1, -0.05) is 6.07 Å². The molecule has 0 bridgehead atoms. The fraction of sp³-hybridized carbons (Fsp3) is 0.316. The molecule has 5 heteroatoms. The van der Waals surface area contributed by atoms with Crippen LogP contribution in [0.3, 0.4) is 0 Å². The Labute approximate surface area is 156 Å². The molecule has 0 radical (unpaired) electrons. The Morgan fingerprint density at radius 2 is 1.83 bits per heavy atom. The molecule has 1 fully saturated rings. The lowest BCUT2D eigenvalue weighted by atomic mass is 10.2. The van der Waals surface area contributed by atoms with Gasteiger partial charge in [-0.15, -0.1) is 0 Å². The fourth-order valence-electron chi connectivity index (χ4n) is 2.98. The number of benzene rings is 2. The van der Waals surface area contributed by atoms with Crippen LogP contribution in [0.4, 0.5) is 5.69 Å². The number of carbonyl (C=O) groups is 1. The summed E-state index contributed by atoms with van der Waals surface area (Å²) in [6.07, 6.45) is 0.974. The lowest BCUT2D eigenvalue weighted by Crippen LogP contribution is -2.35. The van der Waals surface area contributed by atoms with Crippen LogP contribution in [-0.2, 0) is 0 Å². The molecule has 4 nitrogen and oxygen atoms in total. The Morgan fingerprint density at radius 3 is 2.54 bits per heavy atom. The van der Waals surface area contributed by atoms with Crippen molar-refractivity contribution in [3.8, 4) is 5.75 Å². The number of anilines is 1. The first-order valence-electron chi connectivity index (χ1n) is 8.11. The lowest BCUT2D eigenvalue weighted by Gasteiger charge is -2.24. The highest BCUT2D eigenvalue weighted by Crippen LogP contribution is 2.21. The summed E-state index contributed by atoms with van der Waals surface area (Å²) in [7, 11) is 1.68. The average Bonchev–Trinajstić information content (AvgIpc) is 2.87. The molecule has 0 unspecified atom stereocenters. The summed E-state index contributed by atoms with van der Waals surface area (Å²) in [5.41, 5.74) is 1.96. The normalized spacial score (nSPS) is 15.1. The SMILES string of the molecule is COc1ccc(N2CCCN(C(=O)c3cccc(I)c3)CC2)cc1. The maximum Gasteiger partial charge on any atom is 0.253 e. The number of rotatable bonds is 3. The summed E-state index contributed by atoms with van der Waals surface area (Å²) in [5.74, 6) is 0.995. The molecular weight excluding hydrogens is 415 g/mol. The minimum Gasteiger partial charge on any atom is -0.497 e. The number of halogens is 1. The minimum atomic E-state index is 0.130. The lowest BCUT2D eigenvalue weighted by molar-refractivity contribution is 0.0767.